The van der Waals surface area contributed by atoms with Gasteiger partial charge in [-0.3, -0.25) is 0 Å². The molecule has 1 aliphatic rings. The molecule has 0 aliphatic heterocycles. The van der Waals surface area contributed by atoms with Crippen molar-refractivity contribution < 1.29 is 15.0 Å². The average Bonchev–Trinajstić information content (AvgIpc) is 2.12. The van der Waals surface area contributed by atoms with Crippen LogP contribution in [-0.4, -0.2) is 35.4 Å². The molecule has 1 rings (SSSR count). The number of aliphatic hydroxyl groups is 1. The van der Waals surface area contributed by atoms with Gasteiger partial charge in [0.1, 0.15) is 0 Å². The van der Waals surface area contributed by atoms with Crippen LogP contribution in [0.2, 0.25) is 0 Å². The van der Waals surface area contributed by atoms with E-state index in [2.05, 4.69) is 0 Å². The lowest BCUT2D eigenvalue weighted by atomic mass is 9.57. The Labute approximate surface area is 83.1 Å². The van der Waals surface area contributed by atoms with Gasteiger partial charge in [0.2, 0.25) is 0 Å². The summed E-state index contributed by atoms with van der Waals surface area (Å²) in [6.45, 7) is 0.919. The summed E-state index contributed by atoms with van der Waals surface area (Å²) < 4.78 is 0. The molecule has 0 spiro atoms. The second-order valence-electron chi connectivity index (χ2n) is 4.10. The van der Waals surface area contributed by atoms with Gasteiger partial charge in [0.25, 0.3) is 0 Å². The van der Waals surface area contributed by atoms with E-state index in [1.54, 1.807) is 0 Å². The largest absolute Gasteiger partial charge is 0.479 e. The van der Waals surface area contributed by atoms with E-state index >= 15 is 0 Å². The predicted molar refractivity (Wildman–Crippen MR) is 51.5 cm³/mol. The van der Waals surface area contributed by atoms with Crippen molar-refractivity contribution in [3.63, 3.8) is 0 Å². The predicted octanol–water partition coefficient (Wildman–Crippen LogP) is -0.864. The van der Waals surface area contributed by atoms with E-state index in [1.165, 1.54) is 0 Å². The Morgan fingerprint density at radius 1 is 1.57 bits per heavy atom. The van der Waals surface area contributed by atoms with Gasteiger partial charge in [0.05, 0.1) is 0 Å². The summed E-state index contributed by atoms with van der Waals surface area (Å²) in [5, 5.41) is 17.9. The molecule has 14 heavy (non-hydrogen) atoms. The van der Waals surface area contributed by atoms with Crippen molar-refractivity contribution in [2.75, 3.05) is 13.1 Å². The summed E-state index contributed by atoms with van der Waals surface area (Å²) in [7, 11) is 0. The first-order valence-electron chi connectivity index (χ1n) is 4.87. The summed E-state index contributed by atoms with van der Waals surface area (Å²) in [5.41, 5.74) is 10.9. The van der Waals surface area contributed by atoms with Crippen molar-refractivity contribution in [3.8, 4) is 0 Å². The van der Waals surface area contributed by atoms with E-state index in [0.29, 0.717) is 13.1 Å². The molecule has 0 amide bonds. The van der Waals surface area contributed by atoms with Crippen LogP contribution in [0.25, 0.3) is 0 Å². The number of rotatable bonds is 5. The molecule has 0 saturated heterocycles. The summed E-state index contributed by atoms with van der Waals surface area (Å²) in [5.74, 6) is -0.915. The lowest BCUT2D eigenvalue weighted by molar-refractivity contribution is -0.150. The second kappa shape index (κ2) is 4.25. The highest BCUT2D eigenvalue weighted by Gasteiger charge is 2.46. The van der Waals surface area contributed by atoms with E-state index in [-0.39, 0.29) is 17.8 Å². The number of carboxylic acid groups (broad SMARTS) is 1. The first-order valence-corrected chi connectivity index (χ1v) is 4.87. The third-order valence-corrected chi connectivity index (χ3v) is 3.43. The van der Waals surface area contributed by atoms with Crippen molar-refractivity contribution in [3.05, 3.63) is 0 Å². The molecule has 0 bridgehead atoms. The first kappa shape index (κ1) is 11.4. The van der Waals surface area contributed by atoms with E-state index in [1.807, 2.05) is 0 Å². The van der Waals surface area contributed by atoms with Gasteiger partial charge in [0.15, 0.2) is 6.10 Å². The molecule has 1 saturated carbocycles. The SMILES string of the molecule is NCC1CCC1(CN)CC(O)C(=O)O. The molecule has 0 aromatic rings. The molecule has 0 heterocycles. The molecular formula is C9H18N2O3. The van der Waals surface area contributed by atoms with Crippen molar-refractivity contribution in [1.82, 2.24) is 0 Å². The molecule has 1 aliphatic carbocycles. The van der Waals surface area contributed by atoms with E-state index in [9.17, 15) is 9.90 Å². The minimum absolute atomic E-state index is 0.223. The zero-order valence-electron chi connectivity index (χ0n) is 8.15. The Bertz CT molecular complexity index is 216. The van der Waals surface area contributed by atoms with Crippen LogP contribution in [0, 0.1) is 11.3 Å². The van der Waals surface area contributed by atoms with Gasteiger partial charge in [-0.2, -0.15) is 0 Å². The maximum absolute atomic E-state index is 10.5. The third-order valence-electron chi connectivity index (χ3n) is 3.43. The van der Waals surface area contributed by atoms with Crippen LogP contribution in [0.5, 0.6) is 0 Å². The fourth-order valence-electron chi connectivity index (χ4n) is 2.22. The monoisotopic (exact) mass is 202 g/mol. The average molecular weight is 202 g/mol. The summed E-state index contributed by atoms with van der Waals surface area (Å²) in [6.07, 6.45) is 0.768. The van der Waals surface area contributed by atoms with E-state index < -0.39 is 12.1 Å². The third kappa shape index (κ3) is 1.89. The Hall–Kier alpha value is -0.650. The molecular weight excluding hydrogens is 184 g/mol. The van der Waals surface area contributed by atoms with Crippen LogP contribution >= 0.6 is 0 Å². The Morgan fingerprint density at radius 3 is 2.50 bits per heavy atom. The maximum Gasteiger partial charge on any atom is 0.332 e. The minimum Gasteiger partial charge on any atom is -0.479 e. The van der Waals surface area contributed by atoms with Crippen LogP contribution in [0.15, 0.2) is 0 Å². The van der Waals surface area contributed by atoms with Crippen LogP contribution < -0.4 is 11.5 Å². The van der Waals surface area contributed by atoms with Gasteiger partial charge >= 0.3 is 5.97 Å². The number of carbonyl (C=O) groups is 1. The van der Waals surface area contributed by atoms with Crippen LogP contribution in [0.3, 0.4) is 0 Å². The minimum atomic E-state index is -1.31. The molecule has 0 aromatic heterocycles. The number of hydrogen-bond acceptors (Lipinski definition) is 4. The van der Waals surface area contributed by atoms with Gasteiger partial charge in [0, 0.05) is 0 Å². The second-order valence-corrected chi connectivity index (χ2v) is 4.10. The van der Waals surface area contributed by atoms with Crippen LogP contribution in [0.1, 0.15) is 19.3 Å². The molecule has 82 valence electrons. The molecule has 1 fully saturated rings. The first-order chi connectivity index (χ1) is 6.55. The lowest BCUT2D eigenvalue weighted by Crippen LogP contribution is -2.51. The smallest absolute Gasteiger partial charge is 0.332 e. The van der Waals surface area contributed by atoms with E-state index in [4.69, 9.17) is 16.6 Å². The highest BCUT2D eigenvalue weighted by Crippen LogP contribution is 2.48. The van der Waals surface area contributed by atoms with Gasteiger partial charge < -0.3 is 21.7 Å². The molecule has 5 nitrogen and oxygen atoms in total. The number of aliphatic carboxylic acids is 1. The highest BCUT2D eigenvalue weighted by molar-refractivity contribution is 5.72. The van der Waals surface area contributed by atoms with Gasteiger partial charge in [-0.15, -0.1) is 0 Å². The topological polar surface area (TPSA) is 110 Å². The molecule has 6 N–H and O–H groups in total. The van der Waals surface area contributed by atoms with Crippen molar-refractivity contribution in [2.24, 2.45) is 22.8 Å². The van der Waals surface area contributed by atoms with E-state index in [0.717, 1.165) is 12.8 Å². The normalized spacial score (nSPS) is 33.5. The number of aliphatic hydroxyl groups excluding tert-OH is 1. The van der Waals surface area contributed by atoms with Crippen LogP contribution in [0.4, 0.5) is 0 Å². The molecule has 3 unspecified atom stereocenters. The standard InChI is InChI=1S/C9H18N2O3/c10-4-6-1-2-9(6,5-11)3-7(12)8(13)14/h6-7,12H,1-5,10-11H2,(H,13,14). The molecule has 5 heteroatoms. The summed E-state index contributed by atoms with van der Waals surface area (Å²) in [4.78, 5) is 10.5. The summed E-state index contributed by atoms with van der Waals surface area (Å²) in [6, 6.07) is 0. The van der Waals surface area contributed by atoms with Crippen molar-refractivity contribution in [1.29, 1.82) is 0 Å². The molecule has 0 aromatic carbocycles. The number of nitrogens with two attached hydrogens (primary N) is 2. The van der Waals surface area contributed by atoms with Gasteiger partial charge in [-0.05, 0) is 43.7 Å². The maximum atomic E-state index is 10.5. The van der Waals surface area contributed by atoms with Crippen LogP contribution in [-0.2, 0) is 4.79 Å². The fourth-order valence-corrected chi connectivity index (χ4v) is 2.22. The van der Waals surface area contributed by atoms with Gasteiger partial charge in [-0.1, -0.05) is 0 Å². The quantitative estimate of drug-likeness (QED) is 0.463. The van der Waals surface area contributed by atoms with Crippen molar-refractivity contribution in [2.45, 2.75) is 25.4 Å². The summed E-state index contributed by atoms with van der Waals surface area (Å²) >= 11 is 0. The Balaban J connectivity index is 2.58. The Kier molecular flexibility index (Phi) is 3.47. The van der Waals surface area contributed by atoms with Gasteiger partial charge in [-0.25, -0.2) is 4.79 Å². The highest BCUT2D eigenvalue weighted by atomic mass is 16.4. The zero-order valence-corrected chi connectivity index (χ0v) is 8.15. The van der Waals surface area contributed by atoms with Crippen molar-refractivity contribution >= 4 is 5.97 Å². The zero-order chi connectivity index (χ0) is 10.8. The molecule has 3 atom stereocenters. The molecule has 0 radical (unpaired) electrons. The lowest BCUT2D eigenvalue weighted by Gasteiger charge is -2.49. The number of hydrogen-bond donors (Lipinski definition) is 4. The fraction of sp³-hybridized carbons (Fsp3) is 0.889. The number of carboxylic acids is 1. The Morgan fingerprint density at radius 2 is 2.21 bits per heavy atom.